The molecule has 0 aromatic heterocycles. The molecule has 0 unspecified atom stereocenters. The Morgan fingerprint density at radius 1 is 1.44 bits per heavy atom. The van der Waals surface area contributed by atoms with E-state index in [2.05, 4.69) is 5.32 Å². The molecule has 0 bridgehead atoms. The Morgan fingerprint density at radius 2 is 2.12 bits per heavy atom. The van der Waals surface area contributed by atoms with E-state index in [1.807, 2.05) is 0 Å². The third kappa shape index (κ3) is 3.43. The zero-order valence-corrected chi connectivity index (χ0v) is 9.12. The Morgan fingerprint density at radius 3 is 2.69 bits per heavy atom. The molecule has 5 nitrogen and oxygen atoms in total. The molecule has 0 heterocycles. The molecule has 0 fully saturated rings. The summed E-state index contributed by atoms with van der Waals surface area (Å²) in [4.78, 5) is 21.9. The lowest BCUT2D eigenvalue weighted by atomic mass is 10.2. The number of phenols is 1. The van der Waals surface area contributed by atoms with Gasteiger partial charge in [-0.25, -0.2) is 0 Å². The first kappa shape index (κ1) is 12.3. The van der Waals surface area contributed by atoms with E-state index in [-0.39, 0.29) is 29.6 Å². The Bertz CT molecular complexity index is 421. The maximum Gasteiger partial charge on any atom is 0.251 e. The van der Waals surface area contributed by atoms with Crippen molar-refractivity contribution in [3.05, 3.63) is 28.8 Å². The Balaban J connectivity index is 2.59. The summed E-state index contributed by atoms with van der Waals surface area (Å²) in [5.41, 5.74) is 5.23. The van der Waals surface area contributed by atoms with Gasteiger partial charge in [0.25, 0.3) is 5.91 Å². The van der Waals surface area contributed by atoms with Crippen LogP contribution in [0.4, 0.5) is 0 Å². The number of rotatable bonds is 4. The van der Waals surface area contributed by atoms with E-state index in [4.69, 9.17) is 22.4 Å². The zero-order valence-electron chi connectivity index (χ0n) is 8.37. The number of halogens is 1. The smallest absolute Gasteiger partial charge is 0.251 e. The number of hydrogen-bond donors (Lipinski definition) is 3. The molecule has 1 aromatic rings. The second kappa shape index (κ2) is 5.37. The lowest BCUT2D eigenvalue weighted by Crippen LogP contribution is -2.27. The summed E-state index contributed by atoms with van der Waals surface area (Å²) in [5.74, 6) is -0.942. The van der Waals surface area contributed by atoms with Crippen molar-refractivity contribution < 1.29 is 14.7 Å². The van der Waals surface area contributed by atoms with Crippen molar-refractivity contribution in [2.24, 2.45) is 5.73 Å². The van der Waals surface area contributed by atoms with E-state index in [0.717, 1.165) is 0 Å². The van der Waals surface area contributed by atoms with Crippen LogP contribution in [0.1, 0.15) is 16.8 Å². The summed E-state index contributed by atoms with van der Waals surface area (Å²) in [6, 6.07) is 4.10. The van der Waals surface area contributed by atoms with E-state index in [1.165, 1.54) is 18.2 Å². The highest BCUT2D eigenvalue weighted by atomic mass is 35.5. The van der Waals surface area contributed by atoms with Gasteiger partial charge in [0.1, 0.15) is 5.75 Å². The Kier molecular flexibility index (Phi) is 4.13. The quantitative estimate of drug-likeness (QED) is 0.724. The summed E-state index contributed by atoms with van der Waals surface area (Å²) in [7, 11) is 0. The largest absolute Gasteiger partial charge is 0.506 e. The van der Waals surface area contributed by atoms with Crippen LogP contribution in [0, 0.1) is 0 Å². The molecule has 1 rings (SSSR count). The number of amides is 2. The first-order valence-electron chi connectivity index (χ1n) is 4.55. The lowest BCUT2D eigenvalue weighted by Gasteiger charge is -2.04. The van der Waals surface area contributed by atoms with Crippen molar-refractivity contribution in [2.75, 3.05) is 6.54 Å². The standard InChI is InChI=1S/C10H11ClN2O3/c11-7-5-6(1-2-8(7)14)10(16)13-4-3-9(12)15/h1-2,5,14H,3-4H2,(H2,12,15)(H,13,16). The highest BCUT2D eigenvalue weighted by Gasteiger charge is 2.07. The molecule has 0 aliphatic rings. The molecular formula is C10H11ClN2O3. The van der Waals surface area contributed by atoms with Crippen LogP contribution in [0.15, 0.2) is 18.2 Å². The predicted octanol–water partition coefficient (Wildman–Crippen LogP) is 0.651. The second-order valence-corrected chi connectivity index (χ2v) is 3.55. The zero-order chi connectivity index (χ0) is 12.1. The van der Waals surface area contributed by atoms with Crippen LogP contribution in [0.5, 0.6) is 5.75 Å². The summed E-state index contributed by atoms with van der Waals surface area (Å²) in [6.45, 7) is 0.173. The summed E-state index contributed by atoms with van der Waals surface area (Å²) in [6.07, 6.45) is 0.0809. The number of primary amides is 1. The highest BCUT2D eigenvalue weighted by Crippen LogP contribution is 2.23. The van der Waals surface area contributed by atoms with Crippen molar-refractivity contribution in [3.8, 4) is 5.75 Å². The molecule has 6 heteroatoms. The van der Waals surface area contributed by atoms with Gasteiger partial charge in [0.15, 0.2) is 0 Å². The molecule has 0 spiro atoms. The number of hydrogen-bond acceptors (Lipinski definition) is 3. The highest BCUT2D eigenvalue weighted by molar-refractivity contribution is 6.32. The number of carbonyl (C=O) groups excluding carboxylic acids is 2. The number of benzene rings is 1. The van der Waals surface area contributed by atoms with Gasteiger partial charge in [0.05, 0.1) is 5.02 Å². The normalized spacial score (nSPS) is 9.81. The van der Waals surface area contributed by atoms with Crippen LogP contribution in [0.3, 0.4) is 0 Å². The minimum absolute atomic E-state index is 0.0809. The van der Waals surface area contributed by atoms with Gasteiger partial charge < -0.3 is 16.2 Å². The molecule has 1 aromatic carbocycles. The SMILES string of the molecule is NC(=O)CCNC(=O)c1ccc(O)c(Cl)c1. The summed E-state index contributed by atoms with van der Waals surface area (Å²) >= 11 is 5.64. The van der Waals surface area contributed by atoms with Crippen molar-refractivity contribution in [3.63, 3.8) is 0 Å². The molecule has 0 radical (unpaired) electrons. The molecule has 0 aliphatic carbocycles. The summed E-state index contributed by atoms with van der Waals surface area (Å²) in [5, 5.41) is 11.7. The van der Waals surface area contributed by atoms with Crippen LogP contribution >= 0.6 is 11.6 Å². The van der Waals surface area contributed by atoms with Crippen molar-refractivity contribution in [2.45, 2.75) is 6.42 Å². The van der Waals surface area contributed by atoms with E-state index in [1.54, 1.807) is 0 Å². The van der Waals surface area contributed by atoms with Crippen LogP contribution < -0.4 is 11.1 Å². The van der Waals surface area contributed by atoms with Crippen LogP contribution in [-0.2, 0) is 4.79 Å². The van der Waals surface area contributed by atoms with Gasteiger partial charge in [-0.15, -0.1) is 0 Å². The predicted molar refractivity (Wildman–Crippen MR) is 59.3 cm³/mol. The minimum Gasteiger partial charge on any atom is -0.506 e. The van der Waals surface area contributed by atoms with Gasteiger partial charge in [-0.3, -0.25) is 9.59 Å². The molecule has 0 saturated carbocycles. The maximum absolute atomic E-state index is 11.5. The van der Waals surface area contributed by atoms with Crippen LogP contribution in [0.25, 0.3) is 0 Å². The third-order valence-corrected chi connectivity index (χ3v) is 2.17. The molecule has 16 heavy (non-hydrogen) atoms. The van der Waals surface area contributed by atoms with Gasteiger partial charge in [-0.05, 0) is 18.2 Å². The van der Waals surface area contributed by atoms with Gasteiger partial charge in [-0.1, -0.05) is 11.6 Å². The molecule has 4 N–H and O–H groups in total. The fourth-order valence-corrected chi connectivity index (χ4v) is 1.23. The Hall–Kier alpha value is -1.75. The second-order valence-electron chi connectivity index (χ2n) is 3.14. The summed E-state index contributed by atoms with van der Waals surface area (Å²) < 4.78 is 0. The van der Waals surface area contributed by atoms with Gasteiger partial charge in [-0.2, -0.15) is 0 Å². The number of aromatic hydroxyl groups is 1. The first-order valence-corrected chi connectivity index (χ1v) is 4.93. The number of carbonyl (C=O) groups is 2. The average molecular weight is 243 g/mol. The van der Waals surface area contributed by atoms with Gasteiger partial charge in [0, 0.05) is 18.5 Å². The molecule has 0 aliphatic heterocycles. The van der Waals surface area contributed by atoms with E-state index < -0.39 is 5.91 Å². The number of phenolic OH excluding ortho intramolecular Hbond substituents is 1. The maximum atomic E-state index is 11.5. The topological polar surface area (TPSA) is 92.4 Å². The fraction of sp³-hybridized carbons (Fsp3) is 0.200. The monoisotopic (exact) mass is 242 g/mol. The van der Waals surface area contributed by atoms with Crippen molar-refractivity contribution in [1.29, 1.82) is 0 Å². The molecule has 86 valence electrons. The molecule has 0 atom stereocenters. The van der Waals surface area contributed by atoms with Crippen molar-refractivity contribution >= 4 is 23.4 Å². The van der Waals surface area contributed by atoms with Crippen LogP contribution in [0.2, 0.25) is 5.02 Å². The molecular weight excluding hydrogens is 232 g/mol. The van der Waals surface area contributed by atoms with E-state index >= 15 is 0 Å². The van der Waals surface area contributed by atoms with Gasteiger partial charge >= 0.3 is 0 Å². The first-order chi connectivity index (χ1) is 7.50. The van der Waals surface area contributed by atoms with Gasteiger partial charge in [0.2, 0.25) is 5.91 Å². The molecule has 2 amide bonds. The molecule has 0 saturated heterocycles. The average Bonchev–Trinajstić information content (AvgIpc) is 2.21. The van der Waals surface area contributed by atoms with Crippen molar-refractivity contribution in [1.82, 2.24) is 5.32 Å². The minimum atomic E-state index is -0.482. The van der Waals surface area contributed by atoms with Crippen LogP contribution in [-0.4, -0.2) is 23.5 Å². The van der Waals surface area contributed by atoms with E-state index in [0.29, 0.717) is 5.56 Å². The third-order valence-electron chi connectivity index (χ3n) is 1.87. The number of nitrogens with two attached hydrogens (primary N) is 1. The Labute approximate surface area is 97.2 Å². The van der Waals surface area contributed by atoms with E-state index in [9.17, 15) is 9.59 Å². The fourth-order valence-electron chi connectivity index (χ4n) is 1.05. The number of nitrogens with one attached hydrogen (secondary N) is 1. The lowest BCUT2D eigenvalue weighted by molar-refractivity contribution is -0.117.